The molecule has 72 valence electrons. The van der Waals surface area contributed by atoms with Crippen molar-refractivity contribution in [1.29, 1.82) is 0 Å². The van der Waals surface area contributed by atoms with E-state index in [1.165, 1.54) is 0 Å². The predicted molar refractivity (Wildman–Crippen MR) is 58.1 cm³/mol. The lowest BCUT2D eigenvalue weighted by molar-refractivity contribution is 0.112. The monoisotopic (exact) mass is 207 g/mol. The quantitative estimate of drug-likeness (QED) is 0.659. The molecule has 0 N–H and O–H groups in total. The summed E-state index contributed by atoms with van der Waals surface area (Å²) in [5.74, 6) is 0. The fourth-order valence-electron chi connectivity index (χ4n) is 1.77. The van der Waals surface area contributed by atoms with Crippen LogP contribution in [0.3, 0.4) is 0 Å². The second-order valence-electron chi connectivity index (χ2n) is 3.40. The molecule has 0 radical (unpaired) electrons. The van der Waals surface area contributed by atoms with Gasteiger partial charge in [0.2, 0.25) is 0 Å². The van der Waals surface area contributed by atoms with Gasteiger partial charge in [0, 0.05) is 29.7 Å². The Labute approximate surface area is 87.1 Å². The molecule has 0 bridgehead atoms. The molecule has 1 aromatic heterocycles. The van der Waals surface area contributed by atoms with Gasteiger partial charge in [-0.3, -0.25) is 4.79 Å². The van der Waals surface area contributed by atoms with Crippen molar-refractivity contribution in [3.8, 4) is 0 Å². The van der Waals surface area contributed by atoms with E-state index >= 15 is 0 Å². The van der Waals surface area contributed by atoms with Gasteiger partial charge < -0.3 is 4.57 Å². The maximum atomic E-state index is 10.7. The Balaban J connectivity index is 2.94. The smallest absolute Gasteiger partial charge is 0.151 e. The molecular formula is C11H10ClNO. The number of fused-ring (bicyclic) bond motifs is 1. The van der Waals surface area contributed by atoms with Crippen LogP contribution in [-0.4, -0.2) is 10.9 Å². The molecule has 0 saturated carbocycles. The summed E-state index contributed by atoms with van der Waals surface area (Å²) in [6.45, 7) is 1.99. The van der Waals surface area contributed by atoms with Gasteiger partial charge in [0.25, 0.3) is 0 Å². The number of aldehydes is 1. The molecule has 14 heavy (non-hydrogen) atoms. The topological polar surface area (TPSA) is 22.0 Å². The first-order valence-corrected chi connectivity index (χ1v) is 4.72. The van der Waals surface area contributed by atoms with Crippen LogP contribution < -0.4 is 0 Å². The van der Waals surface area contributed by atoms with E-state index in [1.54, 1.807) is 6.07 Å². The van der Waals surface area contributed by atoms with Crippen molar-refractivity contribution in [2.75, 3.05) is 0 Å². The zero-order chi connectivity index (χ0) is 10.3. The molecule has 0 unspecified atom stereocenters. The third kappa shape index (κ3) is 1.15. The minimum atomic E-state index is 0.550. The fraction of sp³-hybridized carbons (Fsp3) is 0.182. The van der Waals surface area contributed by atoms with Crippen molar-refractivity contribution in [1.82, 2.24) is 4.57 Å². The highest BCUT2D eigenvalue weighted by Crippen LogP contribution is 2.29. The molecule has 2 rings (SSSR count). The number of aryl methyl sites for hydroxylation is 2. The third-order valence-electron chi connectivity index (χ3n) is 2.44. The predicted octanol–water partition coefficient (Wildman–Crippen LogP) is 2.95. The van der Waals surface area contributed by atoms with E-state index in [0.717, 1.165) is 22.8 Å². The summed E-state index contributed by atoms with van der Waals surface area (Å²) in [5.41, 5.74) is 2.70. The van der Waals surface area contributed by atoms with Crippen molar-refractivity contribution in [3.05, 3.63) is 34.5 Å². The van der Waals surface area contributed by atoms with Gasteiger partial charge in [-0.05, 0) is 24.6 Å². The van der Waals surface area contributed by atoms with Gasteiger partial charge in [-0.1, -0.05) is 11.6 Å². The number of rotatable bonds is 1. The van der Waals surface area contributed by atoms with Crippen LogP contribution in [0, 0.1) is 6.92 Å². The maximum absolute atomic E-state index is 10.7. The molecule has 0 spiro atoms. The van der Waals surface area contributed by atoms with Gasteiger partial charge in [-0.15, -0.1) is 0 Å². The van der Waals surface area contributed by atoms with E-state index in [9.17, 15) is 4.79 Å². The largest absolute Gasteiger partial charge is 0.350 e. The van der Waals surface area contributed by atoms with E-state index < -0.39 is 0 Å². The fourth-order valence-corrected chi connectivity index (χ4v) is 2.12. The summed E-state index contributed by atoms with van der Waals surface area (Å²) in [5, 5.41) is 1.52. The number of hydrogen-bond acceptors (Lipinski definition) is 1. The normalized spacial score (nSPS) is 10.8. The Bertz CT molecular complexity index is 513. The molecule has 0 fully saturated rings. The summed E-state index contributed by atoms with van der Waals surface area (Å²) in [7, 11) is 1.96. The summed E-state index contributed by atoms with van der Waals surface area (Å²) < 4.78 is 2.01. The van der Waals surface area contributed by atoms with Gasteiger partial charge in [0.05, 0.1) is 5.02 Å². The minimum absolute atomic E-state index is 0.550. The summed E-state index contributed by atoms with van der Waals surface area (Å²) in [4.78, 5) is 10.7. The van der Waals surface area contributed by atoms with E-state index in [2.05, 4.69) is 0 Å². The summed E-state index contributed by atoms with van der Waals surface area (Å²) >= 11 is 6.12. The van der Waals surface area contributed by atoms with Gasteiger partial charge in [0.1, 0.15) is 0 Å². The lowest BCUT2D eigenvalue weighted by Gasteiger charge is -2.00. The first-order valence-electron chi connectivity index (χ1n) is 4.34. The zero-order valence-electron chi connectivity index (χ0n) is 8.04. The molecule has 1 aromatic carbocycles. The van der Waals surface area contributed by atoms with E-state index in [0.29, 0.717) is 10.6 Å². The number of carbonyl (C=O) groups excluding carboxylic acids is 1. The minimum Gasteiger partial charge on any atom is -0.350 e. The van der Waals surface area contributed by atoms with Crippen molar-refractivity contribution in [2.45, 2.75) is 6.92 Å². The van der Waals surface area contributed by atoms with Gasteiger partial charge in [0.15, 0.2) is 6.29 Å². The van der Waals surface area contributed by atoms with Crippen molar-refractivity contribution < 1.29 is 4.79 Å². The average Bonchev–Trinajstić information content (AvgIpc) is 2.44. The molecular weight excluding hydrogens is 198 g/mol. The van der Waals surface area contributed by atoms with Gasteiger partial charge in [-0.2, -0.15) is 0 Å². The van der Waals surface area contributed by atoms with E-state index in [-0.39, 0.29) is 0 Å². The van der Waals surface area contributed by atoms with Crippen LogP contribution in [0.5, 0.6) is 0 Å². The molecule has 0 amide bonds. The van der Waals surface area contributed by atoms with Crippen molar-refractivity contribution in [2.24, 2.45) is 7.05 Å². The van der Waals surface area contributed by atoms with Crippen LogP contribution in [0.4, 0.5) is 0 Å². The Kier molecular flexibility index (Phi) is 2.08. The van der Waals surface area contributed by atoms with Gasteiger partial charge >= 0.3 is 0 Å². The van der Waals surface area contributed by atoms with Crippen LogP contribution >= 0.6 is 11.6 Å². The average molecular weight is 208 g/mol. The number of benzene rings is 1. The highest BCUT2D eigenvalue weighted by Gasteiger charge is 2.09. The summed E-state index contributed by atoms with van der Waals surface area (Å²) in [6, 6.07) is 3.66. The standard InChI is InChI=1S/C11H10ClNO/c1-7-5-13(2)9-4-3-8(6-14)11(12)10(7)9/h3-6H,1-2H3. The van der Waals surface area contributed by atoms with Crippen molar-refractivity contribution >= 4 is 28.8 Å². The first-order chi connectivity index (χ1) is 6.65. The molecule has 0 aliphatic rings. The highest BCUT2D eigenvalue weighted by atomic mass is 35.5. The number of hydrogen-bond donors (Lipinski definition) is 0. The van der Waals surface area contributed by atoms with E-state index in [4.69, 9.17) is 11.6 Å². The molecule has 0 atom stereocenters. The molecule has 3 heteroatoms. The number of nitrogens with zero attached hydrogens (tertiary/aromatic N) is 1. The van der Waals surface area contributed by atoms with Crippen LogP contribution in [0.1, 0.15) is 15.9 Å². The first kappa shape index (κ1) is 9.28. The third-order valence-corrected chi connectivity index (χ3v) is 2.85. The SMILES string of the molecule is Cc1cn(C)c2ccc(C=O)c(Cl)c12. The van der Waals surface area contributed by atoms with Crippen LogP contribution in [0.2, 0.25) is 5.02 Å². The maximum Gasteiger partial charge on any atom is 0.151 e. The molecule has 2 nitrogen and oxygen atoms in total. The van der Waals surface area contributed by atoms with Gasteiger partial charge in [-0.25, -0.2) is 0 Å². The Hall–Kier alpha value is -1.28. The van der Waals surface area contributed by atoms with E-state index in [1.807, 2.05) is 30.8 Å². The molecule has 0 aliphatic heterocycles. The number of aromatic nitrogens is 1. The molecule has 0 aliphatic carbocycles. The highest BCUT2D eigenvalue weighted by molar-refractivity contribution is 6.38. The van der Waals surface area contributed by atoms with Crippen LogP contribution in [0.25, 0.3) is 10.9 Å². The Morgan fingerprint density at radius 1 is 1.43 bits per heavy atom. The molecule has 0 saturated heterocycles. The number of halogens is 1. The lowest BCUT2D eigenvalue weighted by atomic mass is 10.1. The zero-order valence-corrected chi connectivity index (χ0v) is 8.80. The van der Waals surface area contributed by atoms with Crippen molar-refractivity contribution in [3.63, 3.8) is 0 Å². The lowest BCUT2D eigenvalue weighted by Crippen LogP contribution is -1.86. The Morgan fingerprint density at radius 2 is 2.14 bits per heavy atom. The van der Waals surface area contributed by atoms with Crippen LogP contribution in [-0.2, 0) is 7.05 Å². The number of carbonyl (C=O) groups is 1. The second-order valence-corrected chi connectivity index (χ2v) is 3.78. The molecule has 2 aromatic rings. The second kappa shape index (κ2) is 3.14. The van der Waals surface area contributed by atoms with Crippen LogP contribution in [0.15, 0.2) is 18.3 Å². The molecule has 1 heterocycles. The summed E-state index contributed by atoms with van der Waals surface area (Å²) in [6.07, 6.45) is 2.79. The Morgan fingerprint density at radius 3 is 2.79 bits per heavy atom.